The zero-order chi connectivity index (χ0) is 26.1. The molecule has 2 aromatic heterocycles. The number of nitrogens with zero attached hydrogens (tertiary/aromatic N) is 2. The molecule has 37 heavy (non-hydrogen) atoms. The van der Waals surface area contributed by atoms with Gasteiger partial charge in [0.25, 0.3) is 5.56 Å². The van der Waals surface area contributed by atoms with E-state index in [-0.39, 0.29) is 17.6 Å². The number of nitrogens with one attached hydrogen (secondary N) is 1. The van der Waals surface area contributed by atoms with Gasteiger partial charge in [0.15, 0.2) is 5.16 Å². The number of hydrogen-bond donors (Lipinski definition) is 1. The summed E-state index contributed by atoms with van der Waals surface area (Å²) in [6.07, 6.45) is 0.794. The van der Waals surface area contributed by atoms with Gasteiger partial charge in [-0.05, 0) is 43.0 Å². The summed E-state index contributed by atoms with van der Waals surface area (Å²) in [5.41, 5.74) is 3.87. The molecule has 1 aliphatic rings. The standard InChI is InChI=1S/C29H31N3O3S2/c1-17(2)23-14-22-24(16-35-23)37-27-25(22)28(34)32(21-12-10-18(3)11-13-21)29(31-27)36-19(4)26(33)30-15-20-8-6-5-7-9-20/h5-13,17,19,23H,14-16H2,1-4H3,(H,30,33). The Labute approximate surface area is 225 Å². The van der Waals surface area contributed by atoms with Crippen molar-refractivity contribution < 1.29 is 9.53 Å². The van der Waals surface area contributed by atoms with Gasteiger partial charge in [-0.2, -0.15) is 0 Å². The highest BCUT2D eigenvalue weighted by molar-refractivity contribution is 8.00. The van der Waals surface area contributed by atoms with Crippen molar-refractivity contribution in [2.75, 3.05) is 0 Å². The van der Waals surface area contributed by atoms with E-state index in [0.29, 0.717) is 40.9 Å². The fourth-order valence-corrected chi connectivity index (χ4v) is 6.59. The minimum Gasteiger partial charge on any atom is -0.372 e. The first kappa shape index (κ1) is 25.7. The first-order valence-corrected chi connectivity index (χ1v) is 14.3. The molecule has 6 nitrogen and oxygen atoms in total. The molecule has 0 saturated heterocycles. The van der Waals surface area contributed by atoms with Crippen molar-refractivity contribution in [1.82, 2.24) is 14.9 Å². The van der Waals surface area contributed by atoms with E-state index in [2.05, 4.69) is 19.2 Å². The second kappa shape index (κ2) is 10.8. The molecular formula is C29H31N3O3S2. The molecule has 8 heteroatoms. The van der Waals surface area contributed by atoms with Crippen LogP contribution in [0.15, 0.2) is 64.5 Å². The molecule has 192 valence electrons. The van der Waals surface area contributed by atoms with Crippen molar-refractivity contribution in [2.45, 2.75) is 63.8 Å². The van der Waals surface area contributed by atoms with Crippen LogP contribution in [0.25, 0.3) is 15.9 Å². The number of fused-ring (bicyclic) bond motifs is 3. The molecule has 0 bridgehead atoms. The zero-order valence-electron chi connectivity index (χ0n) is 21.5. The molecule has 2 atom stereocenters. The van der Waals surface area contributed by atoms with Crippen LogP contribution in [0.2, 0.25) is 0 Å². The Morgan fingerprint density at radius 3 is 2.59 bits per heavy atom. The average molecular weight is 534 g/mol. The Balaban J connectivity index is 1.52. The minimum absolute atomic E-state index is 0.0832. The molecule has 1 aliphatic heterocycles. The topological polar surface area (TPSA) is 73.2 Å². The van der Waals surface area contributed by atoms with Gasteiger partial charge in [0.2, 0.25) is 5.91 Å². The normalized spacial score (nSPS) is 16.1. The van der Waals surface area contributed by atoms with Crippen molar-refractivity contribution in [3.63, 3.8) is 0 Å². The molecule has 0 saturated carbocycles. The van der Waals surface area contributed by atoms with Crippen LogP contribution in [0.5, 0.6) is 0 Å². The number of thioether (sulfide) groups is 1. The van der Waals surface area contributed by atoms with Crippen LogP contribution in [0.3, 0.4) is 0 Å². The largest absolute Gasteiger partial charge is 0.372 e. The lowest BCUT2D eigenvalue weighted by molar-refractivity contribution is -0.120. The zero-order valence-corrected chi connectivity index (χ0v) is 23.1. The summed E-state index contributed by atoms with van der Waals surface area (Å²) in [6.45, 7) is 9.12. The lowest BCUT2D eigenvalue weighted by Crippen LogP contribution is -2.31. The monoisotopic (exact) mass is 533 g/mol. The molecule has 0 spiro atoms. The number of hydrogen-bond acceptors (Lipinski definition) is 6. The van der Waals surface area contributed by atoms with Crippen LogP contribution in [0.1, 0.15) is 42.3 Å². The molecule has 1 amide bonds. The predicted molar refractivity (Wildman–Crippen MR) is 151 cm³/mol. The SMILES string of the molecule is Cc1ccc(-n2c(SC(C)C(=O)NCc3ccccc3)nc3sc4c(c3c2=O)CC(C(C)C)OC4)cc1. The number of carbonyl (C=O) groups excluding carboxylic acids is 1. The Morgan fingerprint density at radius 2 is 1.89 bits per heavy atom. The molecule has 1 N–H and O–H groups in total. The molecule has 0 radical (unpaired) electrons. The smallest absolute Gasteiger partial charge is 0.267 e. The number of rotatable bonds is 7. The fourth-order valence-electron chi connectivity index (χ4n) is 4.48. The summed E-state index contributed by atoms with van der Waals surface area (Å²) in [7, 11) is 0. The Hall–Kier alpha value is -2.94. The summed E-state index contributed by atoms with van der Waals surface area (Å²) in [4.78, 5) is 33.8. The quantitative estimate of drug-likeness (QED) is 0.246. The van der Waals surface area contributed by atoms with Crippen LogP contribution in [-0.2, 0) is 29.1 Å². The van der Waals surface area contributed by atoms with Gasteiger partial charge in [-0.1, -0.05) is 73.6 Å². The lowest BCUT2D eigenvalue weighted by atomic mass is 9.96. The van der Waals surface area contributed by atoms with Gasteiger partial charge in [0, 0.05) is 17.8 Å². The lowest BCUT2D eigenvalue weighted by Gasteiger charge is -2.26. The van der Waals surface area contributed by atoms with Crippen molar-refractivity contribution in [2.24, 2.45) is 5.92 Å². The third-order valence-corrected chi connectivity index (χ3v) is 8.86. The summed E-state index contributed by atoms with van der Waals surface area (Å²) in [5, 5.41) is 3.76. The van der Waals surface area contributed by atoms with Gasteiger partial charge >= 0.3 is 0 Å². The first-order valence-electron chi connectivity index (χ1n) is 12.6. The number of aromatic nitrogens is 2. The van der Waals surface area contributed by atoms with E-state index in [1.165, 1.54) is 23.1 Å². The van der Waals surface area contributed by atoms with E-state index in [9.17, 15) is 9.59 Å². The Kier molecular flexibility index (Phi) is 7.51. The van der Waals surface area contributed by atoms with E-state index in [4.69, 9.17) is 9.72 Å². The number of aryl methyl sites for hydroxylation is 1. The number of carbonyl (C=O) groups is 1. The van der Waals surface area contributed by atoms with Crippen LogP contribution in [0, 0.1) is 12.8 Å². The van der Waals surface area contributed by atoms with Gasteiger partial charge in [0.1, 0.15) is 4.83 Å². The molecule has 0 aliphatic carbocycles. The van der Waals surface area contributed by atoms with Crippen LogP contribution in [0.4, 0.5) is 0 Å². The molecule has 4 aromatic rings. The number of amides is 1. The fraction of sp³-hybridized carbons (Fsp3) is 0.345. The summed E-state index contributed by atoms with van der Waals surface area (Å²) >= 11 is 2.84. The molecule has 3 heterocycles. The van der Waals surface area contributed by atoms with E-state index in [1.807, 2.05) is 68.4 Å². The maximum Gasteiger partial charge on any atom is 0.267 e. The summed E-state index contributed by atoms with van der Waals surface area (Å²) in [6, 6.07) is 17.7. The van der Waals surface area contributed by atoms with Crippen molar-refractivity contribution >= 4 is 39.2 Å². The third-order valence-electron chi connectivity index (χ3n) is 6.71. The Morgan fingerprint density at radius 1 is 1.16 bits per heavy atom. The highest BCUT2D eigenvalue weighted by Crippen LogP contribution is 2.36. The van der Waals surface area contributed by atoms with E-state index < -0.39 is 5.25 Å². The molecular weight excluding hydrogens is 502 g/mol. The van der Waals surface area contributed by atoms with Gasteiger partial charge in [0.05, 0.1) is 29.0 Å². The molecule has 2 unspecified atom stereocenters. The summed E-state index contributed by atoms with van der Waals surface area (Å²) < 4.78 is 7.74. The van der Waals surface area contributed by atoms with E-state index in [0.717, 1.165) is 27.3 Å². The van der Waals surface area contributed by atoms with Gasteiger partial charge in [-0.15, -0.1) is 11.3 Å². The van der Waals surface area contributed by atoms with E-state index in [1.54, 1.807) is 4.57 Å². The van der Waals surface area contributed by atoms with Crippen molar-refractivity contribution in [3.8, 4) is 5.69 Å². The minimum atomic E-state index is -0.437. The highest BCUT2D eigenvalue weighted by Gasteiger charge is 2.29. The number of benzene rings is 2. The Bertz CT molecular complexity index is 1480. The highest BCUT2D eigenvalue weighted by atomic mass is 32.2. The molecule has 5 rings (SSSR count). The van der Waals surface area contributed by atoms with Gasteiger partial charge in [-0.3, -0.25) is 14.2 Å². The summed E-state index contributed by atoms with van der Waals surface area (Å²) in [5.74, 6) is 0.262. The van der Waals surface area contributed by atoms with Crippen LogP contribution in [-0.4, -0.2) is 26.8 Å². The molecule has 0 fully saturated rings. The second-order valence-corrected chi connectivity index (χ2v) is 12.2. The van der Waals surface area contributed by atoms with Gasteiger partial charge < -0.3 is 10.1 Å². The predicted octanol–water partition coefficient (Wildman–Crippen LogP) is 5.65. The third kappa shape index (κ3) is 5.37. The average Bonchev–Trinajstić information content (AvgIpc) is 3.26. The van der Waals surface area contributed by atoms with E-state index >= 15 is 0 Å². The van der Waals surface area contributed by atoms with Crippen molar-refractivity contribution in [1.29, 1.82) is 0 Å². The maximum absolute atomic E-state index is 14.1. The van der Waals surface area contributed by atoms with Crippen LogP contribution < -0.4 is 10.9 Å². The number of thiophene rings is 1. The van der Waals surface area contributed by atoms with Gasteiger partial charge in [-0.25, -0.2) is 4.98 Å². The second-order valence-electron chi connectivity index (χ2n) is 9.82. The molecule has 2 aromatic carbocycles. The van der Waals surface area contributed by atoms with Crippen LogP contribution >= 0.6 is 23.1 Å². The maximum atomic E-state index is 14.1. The first-order chi connectivity index (χ1) is 17.8. The van der Waals surface area contributed by atoms with Crippen molar-refractivity contribution in [3.05, 3.63) is 86.5 Å². The number of ether oxygens (including phenoxy) is 1.